The number of nitrogens with zero attached hydrogens (tertiary/aromatic N) is 6. The number of hydrogen-bond acceptors (Lipinski definition) is 7. The molecule has 1 aromatic rings. The van der Waals surface area contributed by atoms with Gasteiger partial charge in [0.05, 0.1) is 12.0 Å². The number of aryl methyl sites for hydroxylation is 1. The summed E-state index contributed by atoms with van der Waals surface area (Å²) >= 11 is 0. The maximum atomic E-state index is 14.4. The summed E-state index contributed by atoms with van der Waals surface area (Å²) in [6, 6.07) is 4.33. The van der Waals surface area contributed by atoms with E-state index in [9.17, 15) is 13.6 Å². The zero-order chi connectivity index (χ0) is 26.6. The van der Waals surface area contributed by atoms with Crippen molar-refractivity contribution in [3.05, 3.63) is 35.0 Å². The molecule has 38 heavy (non-hydrogen) atoms. The molecule has 0 bridgehead atoms. The second kappa shape index (κ2) is 10.1. The number of hydrazine groups is 1. The Kier molecular flexibility index (Phi) is 6.80. The van der Waals surface area contributed by atoms with E-state index in [2.05, 4.69) is 27.3 Å². The molecule has 0 spiro atoms. The van der Waals surface area contributed by atoms with Crippen LogP contribution in [-0.4, -0.2) is 97.0 Å². The smallest absolute Gasteiger partial charge is 0.264 e. The predicted octanol–water partition coefficient (Wildman–Crippen LogP) is 3.13. The highest BCUT2D eigenvalue weighted by molar-refractivity contribution is 6.02. The van der Waals surface area contributed by atoms with E-state index in [0.717, 1.165) is 80.9 Å². The van der Waals surface area contributed by atoms with Gasteiger partial charge in [-0.25, -0.2) is 14.2 Å². The van der Waals surface area contributed by atoms with E-state index < -0.39 is 6.43 Å². The molecular formula is C28H39F2N7O. The molecule has 2 unspecified atom stereocenters. The SMILES string of the molecule is CC(=O)N1CCC2C(C1)C(N1CCCc3cc(C4=CN(C)NC4)c(C(F)F)cc31)=NN2C1CCN(C)CC1. The van der Waals surface area contributed by atoms with E-state index in [-0.39, 0.29) is 23.4 Å². The van der Waals surface area contributed by atoms with Crippen molar-refractivity contribution in [2.45, 2.75) is 57.5 Å². The third kappa shape index (κ3) is 4.55. The van der Waals surface area contributed by atoms with E-state index >= 15 is 0 Å². The lowest BCUT2D eigenvalue weighted by molar-refractivity contribution is -0.131. The van der Waals surface area contributed by atoms with E-state index in [1.807, 2.05) is 29.2 Å². The van der Waals surface area contributed by atoms with E-state index in [0.29, 0.717) is 24.7 Å². The number of rotatable bonds is 3. The van der Waals surface area contributed by atoms with Gasteiger partial charge in [0.25, 0.3) is 6.43 Å². The predicted molar refractivity (Wildman–Crippen MR) is 145 cm³/mol. The van der Waals surface area contributed by atoms with Crippen LogP contribution in [0.4, 0.5) is 14.5 Å². The first-order valence-corrected chi connectivity index (χ1v) is 14.0. The summed E-state index contributed by atoms with van der Waals surface area (Å²) in [5.74, 6) is 1.13. The molecule has 2 atom stereocenters. The zero-order valence-electron chi connectivity index (χ0n) is 22.7. The van der Waals surface area contributed by atoms with Crippen molar-refractivity contribution in [1.82, 2.24) is 25.2 Å². The molecule has 2 fully saturated rings. The minimum absolute atomic E-state index is 0.0790. The molecular weight excluding hydrogens is 488 g/mol. The summed E-state index contributed by atoms with van der Waals surface area (Å²) in [4.78, 5) is 18.9. The molecule has 2 saturated heterocycles. The van der Waals surface area contributed by atoms with Crippen molar-refractivity contribution in [2.24, 2.45) is 11.0 Å². The number of benzene rings is 1. The number of hydrogen-bond donors (Lipinski definition) is 1. The van der Waals surface area contributed by atoms with E-state index in [1.54, 1.807) is 13.0 Å². The van der Waals surface area contributed by atoms with Gasteiger partial charge >= 0.3 is 0 Å². The average Bonchev–Trinajstić information content (AvgIpc) is 3.51. The van der Waals surface area contributed by atoms with Gasteiger partial charge in [-0.15, -0.1) is 0 Å². The Morgan fingerprint density at radius 2 is 1.89 bits per heavy atom. The molecule has 5 aliphatic rings. The number of piperidine rings is 2. The highest BCUT2D eigenvalue weighted by atomic mass is 19.3. The Morgan fingerprint density at radius 3 is 2.58 bits per heavy atom. The van der Waals surface area contributed by atoms with Gasteiger partial charge in [-0.05, 0) is 81.1 Å². The van der Waals surface area contributed by atoms with Crippen molar-refractivity contribution in [1.29, 1.82) is 0 Å². The Hall–Kier alpha value is -2.72. The van der Waals surface area contributed by atoms with Crippen LogP contribution < -0.4 is 10.3 Å². The number of carbonyl (C=O) groups excluding carboxylic acids is 1. The van der Waals surface area contributed by atoms with Crippen molar-refractivity contribution in [3.63, 3.8) is 0 Å². The van der Waals surface area contributed by atoms with Gasteiger partial charge in [0.1, 0.15) is 5.84 Å². The van der Waals surface area contributed by atoms with E-state index in [4.69, 9.17) is 5.10 Å². The Morgan fingerprint density at radius 1 is 1.11 bits per heavy atom. The molecule has 1 aromatic carbocycles. The van der Waals surface area contributed by atoms with Crippen LogP contribution >= 0.6 is 0 Å². The monoisotopic (exact) mass is 527 g/mol. The lowest BCUT2D eigenvalue weighted by Crippen LogP contribution is -2.54. The molecule has 8 nitrogen and oxygen atoms in total. The number of carbonyl (C=O) groups is 1. The van der Waals surface area contributed by atoms with Gasteiger partial charge in [-0.1, -0.05) is 0 Å². The van der Waals surface area contributed by atoms with E-state index in [1.165, 1.54) is 0 Å². The number of hydrazone groups is 1. The average molecular weight is 528 g/mol. The van der Waals surface area contributed by atoms with Gasteiger partial charge in [0.15, 0.2) is 0 Å². The van der Waals surface area contributed by atoms with Crippen LogP contribution in [0.25, 0.3) is 5.57 Å². The summed E-state index contributed by atoms with van der Waals surface area (Å²) in [5.41, 5.74) is 6.74. The molecule has 1 N–H and O–H groups in total. The third-order valence-corrected chi connectivity index (χ3v) is 9.07. The molecule has 0 saturated carbocycles. The topological polar surface area (TPSA) is 57.7 Å². The Labute approximate surface area is 223 Å². The van der Waals surface area contributed by atoms with Crippen molar-refractivity contribution in [2.75, 3.05) is 58.3 Å². The van der Waals surface area contributed by atoms with Crippen molar-refractivity contribution < 1.29 is 13.6 Å². The van der Waals surface area contributed by atoms with Crippen LogP contribution in [0.15, 0.2) is 23.4 Å². The molecule has 10 heteroatoms. The standard InChI is InChI=1S/C28H39F2N7O/c1-18(38)35-12-8-25-24(17-35)28(32-37(25)21-6-10-33(2)11-7-21)36-9-4-5-19-13-22(20-15-31-34(3)16-20)23(27(29)30)14-26(19)36/h13-14,16,21,24-25,27,31H,4-12,15,17H2,1-3H3. The summed E-state index contributed by atoms with van der Waals surface area (Å²) in [6.45, 7) is 6.42. The van der Waals surface area contributed by atoms with Crippen LogP contribution in [0.1, 0.15) is 55.7 Å². The van der Waals surface area contributed by atoms with Gasteiger partial charge in [-0.3, -0.25) is 9.80 Å². The fraction of sp³-hybridized carbons (Fsp3) is 0.643. The minimum atomic E-state index is -2.57. The second-order valence-electron chi connectivity index (χ2n) is 11.5. The second-order valence-corrected chi connectivity index (χ2v) is 11.5. The number of halogens is 2. The van der Waals surface area contributed by atoms with Crippen molar-refractivity contribution >= 4 is 23.0 Å². The first-order valence-electron chi connectivity index (χ1n) is 14.0. The molecule has 1 amide bonds. The maximum absolute atomic E-state index is 14.4. The number of alkyl halides is 2. The molecule has 5 heterocycles. The number of anilines is 1. The highest BCUT2D eigenvalue weighted by Gasteiger charge is 2.47. The summed E-state index contributed by atoms with van der Waals surface area (Å²) in [7, 11) is 4.05. The van der Waals surface area contributed by atoms with Gasteiger partial charge in [0, 0.05) is 63.6 Å². The first-order chi connectivity index (χ1) is 18.3. The highest BCUT2D eigenvalue weighted by Crippen LogP contribution is 2.41. The summed E-state index contributed by atoms with van der Waals surface area (Å²) in [6.07, 6.45) is 4.16. The number of amides is 1. The zero-order valence-corrected chi connectivity index (χ0v) is 22.7. The first kappa shape index (κ1) is 25.6. The largest absolute Gasteiger partial charge is 0.342 e. The van der Waals surface area contributed by atoms with Gasteiger partial charge in [-0.2, -0.15) is 5.10 Å². The normalized spacial score (nSPS) is 26.6. The number of amidine groups is 1. The molecule has 6 rings (SSSR count). The molecule has 5 aliphatic heterocycles. The van der Waals surface area contributed by atoms with Crippen LogP contribution in [0.2, 0.25) is 0 Å². The lowest BCUT2D eigenvalue weighted by Gasteiger charge is -2.42. The molecule has 0 radical (unpaired) electrons. The lowest BCUT2D eigenvalue weighted by atomic mass is 9.87. The number of nitrogens with one attached hydrogen (secondary N) is 1. The number of likely N-dealkylation sites (tertiary alicyclic amines) is 2. The Balaban J connectivity index is 1.38. The Bertz CT molecular complexity index is 1150. The third-order valence-electron chi connectivity index (χ3n) is 9.07. The minimum Gasteiger partial charge on any atom is -0.342 e. The van der Waals surface area contributed by atoms with Gasteiger partial charge in [0.2, 0.25) is 5.91 Å². The molecule has 0 aromatic heterocycles. The van der Waals surface area contributed by atoms with Crippen LogP contribution in [0.3, 0.4) is 0 Å². The molecule has 206 valence electrons. The summed E-state index contributed by atoms with van der Waals surface area (Å²) in [5, 5.41) is 9.45. The van der Waals surface area contributed by atoms with Crippen LogP contribution in [-0.2, 0) is 11.2 Å². The quantitative estimate of drug-likeness (QED) is 0.652. The van der Waals surface area contributed by atoms with Gasteiger partial charge < -0.3 is 19.7 Å². The fourth-order valence-corrected chi connectivity index (χ4v) is 6.97. The fourth-order valence-electron chi connectivity index (χ4n) is 6.97. The molecule has 0 aliphatic carbocycles. The summed E-state index contributed by atoms with van der Waals surface area (Å²) < 4.78 is 28.9. The maximum Gasteiger partial charge on any atom is 0.264 e. The van der Waals surface area contributed by atoms with Crippen molar-refractivity contribution in [3.8, 4) is 0 Å². The van der Waals surface area contributed by atoms with Crippen LogP contribution in [0.5, 0.6) is 0 Å². The number of fused-ring (bicyclic) bond motifs is 2. The van der Waals surface area contributed by atoms with Crippen LogP contribution in [0, 0.1) is 5.92 Å².